The first-order valence-electron chi connectivity index (χ1n) is 8.78. The number of pyridine rings is 1. The van der Waals surface area contributed by atoms with Gasteiger partial charge in [0, 0.05) is 55.1 Å². The van der Waals surface area contributed by atoms with Crippen LogP contribution < -0.4 is 4.90 Å². The van der Waals surface area contributed by atoms with Crippen molar-refractivity contribution in [2.24, 2.45) is 5.41 Å². The number of piperidine rings is 1. The highest BCUT2D eigenvalue weighted by atomic mass is 32.1. The Labute approximate surface area is 151 Å². The summed E-state index contributed by atoms with van der Waals surface area (Å²) in [6.07, 6.45) is 3.98. The van der Waals surface area contributed by atoms with Crippen LogP contribution in [-0.2, 0) is 6.54 Å². The number of hydrogen-bond donors (Lipinski definition) is 0. The summed E-state index contributed by atoms with van der Waals surface area (Å²) < 4.78 is 29.8. The molecule has 1 atom stereocenters. The molecule has 0 saturated carbocycles. The van der Waals surface area contributed by atoms with Gasteiger partial charge in [0.15, 0.2) is 0 Å². The number of rotatable bonds is 3. The number of alkyl halides is 2. The molecule has 1 unspecified atom stereocenters. The van der Waals surface area contributed by atoms with Crippen LogP contribution in [0.15, 0.2) is 36.7 Å². The molecule has 0 radical (unpaired) electrons. The molecule has 0 N–H and O–H groups in total. The first-order chi connectivity index (χ1) is 12.0. The second kappa shape index (κ2) is 6.32. The third-order valence-electron chi connectivity index (χ3n) is 5.58. The molecule has 2 saturated heterocycles. The lowest BCUT2D eigenvalue weighted by atomic mass is 9.75. The van der Waals surface area contributed by atoms with E-state index in [4.69, 9.17) is 0 Å². The fourth-order valence-corrected chi connectivity index (χ4v) is 5.11. The van der Waals surface area contributed by atoms with Gasteiger partial charge in [-0.15, -0.1) is 11.3 Å². The van der Waals surface area contributed by atoms with Crippen LogP contribution in [0.5, 0.6) is 0 Å². The van der Waals surface area contributed by atoms with E-state index in [9.17, 15) is 8.78 Å². The second-order valence-corrected chi connectivity index (χ2v) is 8.71. The Hall–Kier alpha value is -1.53. The number of aromatic nitrogens is 1. The molecule has 1 spiro atoms. The Morgan fingerprint density at radius 2 is 2.04 bits per heavy atom. The number of nitrogens with zero attached hydrogens (tertiary/aromatic N) is 3. The van der Waals surface area contributed by atoms with E-state index in [1.165, 1.54) is 9.75 Å². The number of thiophene rings is 1. The zero-order valence-electron chi connectivity index (χ0n) is 14.4. The van der Waals surface area contributed by atoms with E-state index in [2.05, 4.69) is 33.8 Å². The summed E-state index contributed by atoms with van der Waals surface area (Å²) in [6.45, 7) is 4.89. The van der Waals surface area contributed by atoms with Crippen molar-refractivity contribution < 1.29 is 8.78 Å². The van der Waals surface area contributed by atoms with Crippen molar-refractivity contribution in [1.82, 2.24) is 9.88 Å². The molecule has 0 aromatic carbocycles. The van der Waals surface area contributed by atoms with Gasteiger partial charge in [0.25, 0.3) is 5.92 Å². The molecule has 6 heteroatoms. The molecule has 134 valence electrons. The third-order valence-corrected chi connectivity index (χ3v) is 6.57. The molecule has 25 heavy (non-hydrogen) atoms. The summed E-state index contributed by atoms with van der Waals surface area (Å²) in [5, 5.41) is 0. The van der Waals surface area contributed by atoms with E-state index in [0.717, 1.165) is 12.2 Å². The highest BCUT2D eigenvalue weighted by Crippen LogP contribution is 2.50. The lowest BCUT2D eigenvalue weighted by Gasteiger charge is -2.46. The third kappa shape index (κ3) is 3.17. The van der Waals surface area contributed by atoms with Gasteiger partial charge in [-0.1, -0.05) is 0 Å². The standard InChI is InChI=1S/C19H23F2N3S/c1-15-4-5-17(25-15)12-23-9-7-19(20,21)18(13-23)6-10-24(14-18)16-3-2-8-22-11-16/h2-5,8,11H,6-7,9-10,12-14H2,1H3. The Bertz CT molecular complexity index is 733. The molecule has 2 aliphatic rings. The molecule has 2 fully saturated rings. The minimum Gasteiger partial charge on any atom is -0.369 e. The van der Waals surface area contributed by atoms with Crippen molar-refractivity contribution in [2.75, 3.05) is 31.1 Å². The van der Waals surface area contributed by atoms with Gasteiger partial charge in [-0.3, -0.25) is 9.88 Å². The van der Waals surface area contributed by atoms with Crippen LogP contribution in [0.25, 0.3) is 0 Å². The summed E-state index contributed by atoms with van der Waals surface area (Å²) in [6, 6.07) is 8.05. The van der Waals surface area contributed by atoms with Crippen molar-refractivity contribution in [2.45, 2.75) is 32.2 Å². The van der Waals surface area contributed by atoms with Gasteiger partial charge < -0.3 is 4.90 Å². The summed E-state index contributed by atoms with van der Waals surface area (Å²) in [5.74, 6) is -2.61. The Balaban J connectivity index is 1.52. The maximum Gasteiger partial charge on any atom is 0.257 e. The van der Waals surface area contributed by atoms with Crippen LogP contribution >= 0.6 is 11.3 Å². The average Bonchev–Trinajstić information content (AvgIpc) is 3.20. The van der Waals surface area contributed by atoms with Crippen molar-refractivity contribution in [3.63, 3.8) is 0 Å². The normalized spacial score (nSPS) is 26.4. The monoisotopic (exact) mass is 363 g/mol. The average molecular weight is 363 g/mol. The van der Waals surface area contributed by atoms with E-state index in [0.29, 0.717) is 32.6 Å². The minimum atomic E-state index is -2.61. The van der Waals surface area contributed by atoms with Crippen LogP contribution in [0, 0.1) is 12.3 Å². The Kier molecular flexibility index (Phi) is 4.28. The van der Waals surface area contributed by atoms with Gasteiger partial charge >= 0.3 is 0 Å². The van der Waals surface area contributed by atoms with Crippen molar-refractivity contribution in [3.05, 3.63) is 46.4 Å². The van der Waals surface area contributed by atoms with E-state index < -0.39 is 11.3 Å². The van der Waals surface area contributed by atoms with Crippen molar-refractivity contribution in [1.29, 1.82) is 0 Å². The number of halogens is 2. The van der Waals surface area contributed by atoms with Crippen molar-refractivity contribution in [3.8, 4) is 0 Å². The number of aryl methyl sites for hydroxylation is 1. The minimum absolute atomic E-state index is 0.0434. The number of likely N-dealkylation sites (tertiary alicyclic amines) is 1. The highest BCUT2D eigenvalue weighted by Gasteiger charge is 2.59. The lowest BCUT2D eigenvalue weighted by molar-refractivity contribution is -0.158. The number of hydrogen-bond acceptors (Lipinski definition) is 4. The summed E-state index contributed by atoms with van der Waals surface area (Å²) in [5.41, 5.74) is -0.00546. The smallest absolute Gasteiger partial charge is 0.257 e. The fourth-order valence-electron chi connectivity index (χ4n) is 4.17. The lowest BCUT2D eigenvalue weighted by Crippen LogP contribution is -2.56. The van der Waals surface area contributed by atoms with Crippen LogP contribution in [-0.4, -0.2) is 42.0 Å². The van der Waals surface area contributed by atoms with E-state index in [1.807, 2.05) is 12.1 Å². The highest BCUT2D eigenvalue weighted by molar-refractivity contribution is 7.11. The zero-order chi connectivity index (χ0) is 17.5. The largest absolute Gasteiger partial charge is 0.369 e. The zero-order valence-corrected chi connectivity index (χ0v) is 15.2. The van der Waals surface area contributed by atoms with Gasteiger partial charge in [-0.05, 0) is 37.6 Å². The number of anilines is 1. The van der Waals surface area contributed by atoms with Crippen LogP contribution in [0.3, 0.4) is 0 Å². The molecular formula is C19H23F2N3S. The molecule has 3 nitrogen and oxygen atoms in total. The van der Waals surface area contributed by atoms with Crippen LogP contribution in [0.2, 0.25) is 0 Å². The summed E-state index contributed by atoms with van der Waals surface area (Å²) >= 11 is 1.76. The Morgan fingerprint density at radius 3 is 2.76 bits per heavy atom. The summed E-state index contributed by atoms with van der Waals surface area (Å²) in [7, 11) is 0. The molecular weight excluding hydrogens is 340 g/mol. The van der Waals surface area contributed by atoms with Gasteiger partial charge in [0.2, 0.25) is 0 Å². The molecule has 4 heterocycles. The van der Waals surface area contributed by atoms with E-state index >= 15 is 0 Å². The van der Waals surface area contributed by atoms with E-state index in [-0.39, 0.29) is 6.42 Å². The van der Waals surface area contributed by atoms with Gasteiger partial charge in [-0.2, -0.15) is 0 Å². The molecule has 2 aromatic heterocycles. The van der Waals surface area contributed by atoms with Crippen LogP contribution in [0.4, 0.5) is 14.5 Å². The van der Waals surface area contributed by atoms with Crippen LogP contribution in [0.1, 0.15) is 22.6 Å². The fraction of sp³-hybridized carbons (Fsp3) is 0.526. The maximum absolute atomic E-state index is 14.9. The molecule has 0 bridgehead atoms. The van der Waals surface area contributed by atoms with E-state index in [1.54, 1.807) is 23.7 Å². The second-order valence-electron chi connectivity index (χ2n) is 7.34. The molecule has 2 aromatic rings. The van der Waals surface area contributed by atoms with Gasteiger partial charge in [0.05, 0.1) is 17.3 Å². The predicted molar refractivity (Wildman–Crippen MR) is 97.4 cm³/mol. The van der Waals surface area contributed by atoms with Gasteiger partial charge in [0.1, 0.15) is 0 Å². The maximum atomic E-state index is 14.9. The molecule has 0 aliphatic carbocycles. The topological polar surface area (TPSA) is 19.4 Å². The predicted octanol–water partition coefficient (Wildman–Crippen LogP) is 4.19. The molecule has 0 amide bonds. The molecule has 4 rings (SSSR count). The molecule has 2 aliphatic heterocycles. The SMILES string of the molecule is Cc1ccc(CN2CCC(F)(F)C3(CCN(c4cccnc4)C3)C2)s1. The Morgan fingerprint density at radius 1 is 1.16 bits per heavy atom. The first-order valence-corrected chi connectivity index (χ1v) is 9.60. The first kappa shape index (κ1) is 16.9. The van der Waals surface area contributed by atoms with Crippen molar-refractivity contribution >= 4 is 17.0 Å². The summed E-state index contributed by atoms with van der Waals surface area (Å²) in [4.78, 5) is 11.0. The quantitative estimate of drug-likeness (QED) is 0.815. The van der Waals surface area contributed by atoms with Gasteiger partial charge in [-0.25, -0.2) is 8.78 Å².